The van der Waals surface area contributed by atoms with Crippen LogP contribution in [0.5, 0.6) is 5.75 Å². The molecule has 1 fully saturated rings. The second-order valence-electron chi connectivity index (χ2n) is 8.19. The van der Waals surface area contributed by atoms with Gasteiger partial charge in [-0.05, 0) is 49.2 Å². The van der Waals surface area contributed by atoms with E-state index in [9.17, 15) is 4.79 Å². The lowest BCUT2D eigenvalue weighted by Crippen LogP contribution is -2.23. The van der Waals surface area contributed by atoms with E-state index in [1.807, 2.05) is 41.0 Å². The minimum absolute atomic E-state index is 0.0838. The van der Waals surface area contributed by atoms with Crippen molar-refractivity contribution >= 4 is 29.0 Å². The Morgan fingerprint density at radius 3 is 2.53 bits per heavy atom. The first-order valence-corrected chi connectivity index (χ1v) is 12.6. The third-order valence-electron chi connectivity index (χ3n) is 5.83. The number of hydrogen-bond donors (Lipinski definition) is 1. The molecule has 178 valence electrons. The van der Waals surface area contributed by atoms with Crippen molar-refractivity contribution in [3.05, 3.63) is 61.2 Å². The molecule has 1 saturated heterocycles. The number of ether oxygens (including phenoxy) is 1. The number of para-hydroxylation sites is 1. The van der Waals surface area contributed by atoms with Crippen LogP contribution in [0.3, 0.4) is 0 Å². The number of amides is 1. The predicted molar refractivity (Wildman–Crippen MR) is 139 cm³/mol. The molecule has 7 nitrogen and oxygen atoms in total. The van der Waals surface area contributed by atoms with Crippen LogP contribution >= 0.6 is 11.8 Å². The summed E-state index contributed by atoms with van der Waals surface area (Å²) in [7, 11) is 1.63. The fourth-order valence-electron chi connectivity index (χ4n) is 4.13. The minimum atomic E-state index is -0.0838. The lowest BCUT2D eigenvalue weighted by atomic mass is 10.2. The molecule has 1 N–H and O–H groups in total. The van der Waals surface area contributed by atoms with Crippen molar-refractivity contribution < 1.29 is 9.53 Å². The summed E-state index contributed by atoms with van der Waals surface area (Å²) in [6.45, 7) is 6.59. The number of allylic oxidation sites excluding steroid dienone is 1. The maximum absolute atomic E-state index is 12.6. The van der Waals surface area contributed by atoms with Gasteiger partial charge in [-0.1, -0.05) is 42.8 Å². The molecule has 8 heteroatoms. The normalized spacial score (nSPS) is 13.9. The average molecular weight is 478 g/mol. The zero-order valence-electron chi connectivity index (χ0n) is 19.6. The fraction of sp³-hybridized carbons (Fsp3) is 0.346. The van der Waals surface area contributed by atoms with Gasteiger partial charge in [0, 0.05) is 31.0 Å². The van der Waals surface area contributed by atoms with Crippen LogP contribution in [0.25, 0.3) is 11.4 Å². The summed E-state index contributed by atoms with van der Waals surface area (Å²) < 4.78 is 7.42. The first-order valence-electron chi connectivity index (χ1n) is 11.6. The number of thioether (sulfide) groups is 1. The van der Waals surface area contributed by atoms with Gasteiger partial charge < -0.3 is 15.0 Å². The molecule has 0 unspecified atom stereocenters. The molecule has 3 aromatic rings. The van der Waals surface area contributed by atoms with Crippen molar-refractivity contribution in [2.24, 2.45) is 0 Å². The summed E-state index contributed by atoms with van der Waals surface area (Å²) in [5.41, 5.74) is 2.86. The van der Waals surface area contributed by atoms with E-state index in [0.717, 1.165) is 30.1 Å². The third kappa shape index (κ3) is 5.80. The first-order chi connectivity index (χ1) is 16.7. The Morgan fingerprint density at radius 2 is 1.82 bits per heavy atom. The Labute approximate surface area is 205 Å². The van der Waals surface area contributed by atoms with E-state index in [2.05, 4.69) is 39.1 Å². The van der Waals surface area contributed by atoms with Crippen molar-refractivity contribution in [3.8, 4) is 17.1 Å². The summed E-state index contributed by atoms with van der Waals surface area (Å²) in [5.74, 6) is 1.55. The SMILES string of the molecule is C=CCn1c(SCC(=O)Nc2ccc(N3CCCCCC3)cc2)nnc1-c1ccccc1OC. The van der Waals surface area contributed by atoms with Crippen LogP contribution in [0.4, 0.5) is 11.4 Å². The molecular weight excluding hydrogens is 446 g/mol. The highest BCUT2D eigenvalue weighted by Gasteiger charge is 2.18. The molecule has 34 heavy (non-hydrogen) atoms. The van der Waals surface area contributed by atoms with Crippen molar-refractivity contribution in [3.63, 3.8) is 0 Å². The van der Waals surface area contributed by atoms with E-state index in [0.29, 0.717) is 17.5 Å². The summed E-state index contributed by atoms with van der Waals surface area (Å²) in [6.07, 6.45) is 6.89. The van der Waals surface area contributed by atoms with Crippen LogP contribution in [0.15, 0.2) is 66.3 Å². The molecule has 1 aliphatic rings. The Kier molecular flexibility index (Phi) is 8.25. The molecule has 2 aromatic carbocycles. The summed E-state index contributed by atoms with van der Waals surface area (Å²) >= 11 is 1.35. The number of nitrogens with zero attached hydrogens (tertiary/aromatic N) is 4. The van der Waals surface area contributed by atoms with Gasteiger partial charge in [0.25, 0.3) is 0 Å². The number of carbonyl (C=O) groups excluding carboxylic acids is 1. The van der Waals surface area contributed by atoms with Crippen LogP contribution in [0, 0.1) is 0 Å². The third-order valence-corrected chi connectivity index (χ3v) is 6.80. The molecule has 0 atom stereocenters. The zero-order chi connectivity index (χ0) is 23.8. The molecule has 4 rings (SSSR count). The van der Waals surface area contributed by atoms with Crippen molar-refractivity contribution in [2.75, 3.05) is 36.2 Å². The Hall–Kier alpha value is -3.26. The number of hydrogen-bond acceptors (Lipinski definition) is 6. The van der Waals surface area contributed by atoms with E-state index < -0.39 is 0 Å². The van der Waals surface area contributed by atoms with Gasteiger partial charge >= 0.3 is 0 Å². The van der Waals surface area contributed by atoms with E-state index in [-0.39, 0.29) is 11.7 Å². The summed E-state index contributed by atoms with van der Waals surface area (Å²) in [6, 6.07) is 15.8. The highest BCUT2D eigenvalue weighted by Crippen LogP contribution is 2.31. The maximum Gasteiger partial charge on any atom is 0.234 e. The van der Waals surface area contributed by atoms with Gasteiger partial charge in [0.1, 0.15) is 5.75 Å². The monoisotopic (exact) mass is 477 g/mol. The molecule has 0 radical (unpaired) electrons. The number of anilines is 2. The highest BCUT2D eigenvalue weighted by molar-refractivity contribution is 7.99. The fourth-order valence-corrected chi connectivity index (χ4v) is 4.88. The van der Waals surface area contributed by atoms with Crippen LogP contribution in [-0.4, -0.2) is 46.6 Å². The summed E-state index contributed by atoms with van der Waals surface area (Å²) in [5, 5.41) is 12.3. The number of carbonyl (C=O) groups is 1. The van der Waals surface area contributed by atoms with Crippen molar-refractivity contribution in [1.29, 1.82) is 0 Å². The summed E-state index contributed by atoms with van der Waals surface area (Å²) in [4.78, 5) is 15.1. The molecule has 0 spiro atoms. The van der Waals surface area contributed by atoms with Crippen LogP contribution in [0.2, 0.25) is 0 Å². The smallest absolute Gasteiger partial charge is 0.234 e. The number of nitrogens with one attached hydrogen (secondary N) is 1. The molecule has 1 aliphatic heterocycles. The van der Waals surface area contributed by atoms with Gasteiger partial charge in [-0.15, -0.1) is 16.8 Å². The van der Waals surface area contributed by atoms with Crippen LogP contribution in [-0.2, 0) is 11.3 Å². The van der Waals surface area contributed by atoms with Gasteiger partial charge in [0.15, 0.2) is 11.0 Å². The molecule has 1 aromatic heterocycles. The lowest BCUT2D eigenvalue weighted by molar-refractivity contribution is -0.113. The Morgan fingerprint density at radius 1 is 1.09 bits per heavy atom. The van der Waals surface area contributed by atoms with E-state index in [4.69, 9.17) is 4.74 Å². The minimum Gasteiger partial charge on any atom is -0.496 e. The molecule has 0 bridgehead atoms. The van der Waals surface area contributed by atoms with Gasteiger partial charge in [0.2, 0.25) is 5.91 Å². The predicted octanol–water partition coefficient (Wildman–Crippen LogP) is 5.25. The Balaban J connectivity index is 1.39. The molecule has 0 saturated carbocycles. The second-order valence-corrected chi connectivity index (χ2v) is 9.13. The second kappa shape index (κ2) is 11.7. The van der Waals surface area contributed by atoms with Crippen molar-refractivity contribution in [2.45, 2.75) is 37.4 Å². The molecule has 1 amide bonds. The number of methoxy groups -OCH3 is 1. The molecule has 0 aliphatic carbocycles. The topological polar surface area (TPSA) is 72.3 Å². The standard InChI is InChI=1S/C26H31N5O2S/c1-3-16-31-25(22-10-6-7-11-23(22)33-2)28-29-26(31)34-19-24(32)27-20-12-14-21(15-13-20)30-17-8-4-5-9-18-30/h3,6-7,10-15H,1,4-5,8-9,16-19H2,2H3,(H,27,32). The van der Waals surface area contributed by atoms with Crippen molar-refractivity contribution in [1.82, 2.24) is 14.8 Å². The van der Waals surface area contributed by atoms with E-state index in [1.54, 1.807) is 13.2 Å². The zero-order valence-corrected chi connectivity index (χ0v) is 20.4. The largest absolute Gasteiger partial charge is 0.496 e. The number of rotatable bonds is 9. The van der Waals surface area contributed by atoms with Gasteiger partial charge in [-0.25, -0.2) is 0 Å². The average Bonchev–Trinajstić information content (AvgIpc) is 3.06. The first kappa shape index (κ1) is 23.9. The lowest BCUT2D eigenvalue weighted by Gasteiger charge is -2.22. The maximum atomic E-state index is 12.6. The van der Waals surface area contributed by atoms with Crippen LogP contribution < -0.4 is 15.0 Å². The number of benzene rings is 2. The van der Waals surface area contributed by atoms with Gasteiger partial charge in [-0.2, -0.15) is 0 Å². The molecule has 2 heterocycles. The van der Waals surface area contributed by atoms with Crippen LogP contribution in [0.1, 0.15) is 25.7 Å². The molecular formula is C26H31N5O2S. The van der Waals surface area contributed by atoms with E-state index >= 15 is 0 Å². The highest BCUT2D eigenvalue weighted by atomic mass is 32.2. The van der Waals surface area contributed by atoms with E-state index in [1.165, 1.54) is 43.1 Å². The van der Waals surface area contributed by atoms with Gasteiger partial charge in [-0.3, -0.25) is 9.36 Å². The number of aromatic nitrogens is 3. The quantitative estimate of drug-likeness (QED) is 0.335. The Bertz CT molecular complexity index is 1100. The van der Waals surface area contributed by atoms with Gasteiger partial charge in [0.05, 0.1) is 18.4 Å².